The van der Waals surface area contributed by atoms with Crippen molar-refractivity contribution in [3.8, 4) is 0 Å². The fourth-order valence-corrected chi connectivity index (χ4v) is 8.42. The van der Waals surface area contributed by atoms with Crippen molar-refractivity contribution in [2.45, 2.75) is 19.3 Å². The van der Waals surface area contributed by atoms with E-state index in [1.54, 1.807) is 0 Å². The maximum absolute atomic E-state index is 13.8. The minimum absolute atomic E-state index is 0.443. The third-order valence-electron chi connectivity index (χ3n) is 5.21. The zero-order chi connectivity index (χ0) is 17.1. The molecule has 25 heavy (non-hydrogen) atoms. The number of carbonyl (C=O) groups excluding carboxylic acids is 1. The second kappa shape index (κ2) is 6.94. The van der Waals surface area contributed by atoms with Crippen LogP contribution in [0.5, 0.6) is 0 Å². The molecule has 1 saturated carbocycles. The number of carbonyl (C=O) groups is 1. The molecule has 2 heteroatoms. The van der Waals surface area contributed by atoms with Gasteiger partial charge in [-0.3, -0.25) is 0 Å². The van der Waals surface area contributed by atoms with E-state index in [9.17, 15) is 4.79 Å². The van der Waals surface area contributed by atoms with Crippen LogP contribution in [0.2, 0.25) is 0 Å². The summed E-state index contributed by atoms with van der Waals surface area (Å²) < 4.78 is 0. The Bertz CT molecular complexity index is 742. The molecule has 126 valence electrons. The summed E-state index contributed by atoms with van der Waals surface area (Å²) in [6.07, 6.45) is 3.12. The van der Waals surface area contributed by atoms with Gasteiger partial charge < -0.3 is 0 Å². The van der Waals surface area contributed by atoms with Gasteiger partial charge in [0.2, 0.25) is 0 Å². The summed E-state index contributed by atoms with van der Waals surface area (Å²) >= 11 is 0. The predicted octanol–water partition coefficient (Wildman–Crippen LogP) is 4.04. The normalized spacial score (nSPS) is 14.9. The molecule has 0 amide bonds. The first-order valence-corrected chi connectivity index (χ1v) is 11.0. The summed E-state index contributed by atoms with van der Waals surface area (Å²) in [5.74, 6) is 0.593. The summed E-state index contributed by atoms with van der Waals surface area (Å²) in [6, 6.07) is 31.4. The quantitative estimate of drug-likeness (QED) is 0.616. The topological polar surface area (TPSA) is 17.1 Å². The molecule has 0 heterocycles. The molecule has 0 atom stereocenters. The zero-order valence-corrected chi connectivity index (χ0v) is 15.3. The summed E-state index contributed by atoms with van der Waals surface area (Å²) in [5, 5.41) is 3.58. The molecule has 0 bridgehead atoms. The Morgan fingerprint density at radius 3 is 1.36 bits per heavy atom. The Balaban J connectivity index is 1.98. The molecule has 0 N–H and O–H groups in total. The van der Waals surface area contributed by atoms with Crippen LogP contribution in [0.25, 0.3) is 0 Å². The van der Waals surface area contributed by atoms with Gasteiger partial charge in [-0.25, -0.2) is 0 Å². The van der Waals surface area contributed by atoms with E-state index in [1.165, 1.54) is 28.8 Å². The molecule has 0 radical (unpaired) electrons. The fourth-order valence-electron chi connectivity index (χ4n) is 3.78. The van der Waals surface area contributed by atoms with Crippen LogP contribution in [-0.2, 0) is 4.79 Å². The van der Waals surface area contributed by atoms with E-state index >= 15 is 0 Å². The van der Waals surface area contributed by atoms with Crippen LogP contribution in [0.15, 0.2) is 91.0 Å². The van der Waals surface area contributed by atoms with Crippen molar-refractivity contribution in [3.05, 3.63) is 91.0 Å². The van der Waals surface area contributed by atoms with E-state index in [4.69, 9.17) is 0 Å². The average Bonchev–Trinajstić information content (AvgIpc) is 3.49. The van der Waals surface area contributed by atoms with Crippen molar-refractivity contribution < 1.29 is 4.79 Å². The van der Waals surface area contributed by atoms with Crippen molar-refractivity contribution in [1.82, 2.24) is 0 Å². The molecular weight excluding hydrogens is 323 g/mol. The number of rotatable bonds is 6. The summed E-state index contributed by atoms with van der Waals surface area (Å²) in [5.41, 5.74) is 0.443. The van der Waals surface area contributed by atoms with Crippen LogP contribution in [0, 0.1) is 5.92 Å². The van der Waals surface area contributed by atoms with E-state index in [0.29, 0.717) is 17.9 Å². The van der Waals surface area contributed by atoms with Crippen molar-refractivity contribution >= 4 is 28.7 Å². The molecule has 0 aromatic heterocycles. The summed E-state index contributed by atoms with van der Waals surface area (Å²) in [7, 11) is -2.69. The Morgan fingerprint density at radius 2 is 1.04 bits per heavy atom. The third kappa shape index (κ3) is 3.05. The second-order valence-electron chi connectivity index (χ2n) is 6.92. The van der Waals surface area contributed by atoms with Crippen LogP contribution in [0.1, 0.15) is 19.3 Å². The van der Waals surface area contributed by atoms with E-state index in [2.05, 4.69) is 72.8 Å². The van der Waals surface area contributed by atoms with Gasteiger partial charge in [-0.1, -0.05) is 0 Å². The molecule has 4 rings (SSSR count). The average molecular weight is 346 g/mol. The van der Waals surface area contributed by atoms with Crippen LogP contribution in [-0.4, -0.2) is 5.52 Å². The molecule has 1 aliphatic carbocycles. The van der Waals surface area contributed by atoms with Gasteiger partial charge in [0.25, 0.3) is 0 Å². The third-order valence-corrected chi connectivity index (χ3v) is 9.85. The maximum atomic E-state index is 13.8. The van der Waals surface area contributed by atoms with Gasteiger partial charge in [0, 0.05) is 0 Å². The van der Waals surface area contributed by atoms with Gasteiger partial charge in [0.15, 0.2) is 0 Å². The Kier molecular flexibility index (Phi) is 4.51. The molecule has 0 unspecified atom stereocenters. The van der Waals surface area contributed by atoms with Gasteiger partial charge >= 0.3 is 150 Å². The van der Waals surface area contributed by atoms with Gasteiger partial charge in [0.1, 0.15) is 0 Å². The van der Waals surface area contributed by atoms with E-state index < -0.39 is 7.26 Å². The van der Waals surface area contributed by atoms with Crippen LogP contribution in [0.3, 0.4) is 0 Å². The summed E-state index contributed by atoms with van der Waals surface area (Å²) in [4.78, 5) is 13.8. The van der Waals surface area contributed by atoms with Crippen molar-refractivity contribution in [1.29, 1.82) is 0 Å². The molecule has 0 aliphatic heterocycles. The number of benzene rings is 3. The Hall–Kier alpha value is -2.24. The fraction of sp³-hybridized carbons (Fsp3) is 0.174. The number of hydrogen-bond donors (Lipinski definition) is 0. The van der Waals surface area contributed by atoms with Crippen LogP contribution < -0.4 is 15.9 Å². The Morgan fingerprint density at radius 1 is 0.680 bits per heavy atom. The first kappa shape index (κ1) is 16.2. The van der Waals surface area contributed by atoms with Gasteiger partial charge in [-0.05, 0) is 0 Å². The van der Waals surface area contributed by atoms with Gasteiger partial charge in [0.05, 0.1) is 0 Å². The van der Waals surface area contributed by atoms with Crippen molar-refractivity contribution in [2.24, 2.45) is 5.92 Å². The first-order chi connectivity index (χ1) is 12.3. The predicted molar refractivity (Wildman–Crippen MR) is 109 cm³/mol. The van der Waals surface area contributed by atoms with E-state index in [-0.39, 0.29) is 0 Å². The molecule has 0 saturated heterocycles. The summed E-state index contributed by atoms with van der Waals surface area (Å²) in [6.45, 7) is 0. The zero-order valence-electron chi connectivity index (χ0n) is 14.3. The molecule has 1 fully saturated rings. The van der Waals surface area contributed by atoms with Crippen LogP contribution in [0.4, 0.5) is 0 Å². The first-order valence-electron chi connectivity index (χ1n) is 9.01. The minimum atomic E-state index is -2.69. The monoisotopic (exact) mass is 346 g/mol. The molecule has 3 aromatic carbocycles. The second-order valence-corrected chi connectivity index (χ2v) is 10.7. The van der Waals surface area contributed by atoms with Crippen molar-refractivity contribution in [3.63, 3.8) is 0 Å². The molecule has 3 aromatic rings. The molecule has 1 nitrogen and oxygen atoms in total. The van der Waals surface area contributed by atoms with Gasteiger partial charge in [-0.15, -0.1) is 0 Å². The van der Waals surface area contributed by atoms with E-state index in [0.717, 1.165) is 0 Å². The number of hydrogen-bond acceptors (Lipinski definition) is 1. The van der Waals surface area contributed by atoms with Crippen molar-refractivity contribution in [2.75, 3.05) is 0 Å². The van der Waals surface area contributed by atoms with Crippen LogP contribution >= 0.6 is 7.26 Å². The van der Waals surface area contributed by atoms with E-state index in [1.807, 2.05) is 18.2 Å². The Labute approximate surface area is 150 Å². The molecular formula is C23H23OP. The standard InChI is InChI=1S/C23H23OP/c24-23(18-19-16-17-19)25(20-10-4-1-5-11-20,21-12-6-2-7-13-21)22-14-8-3-9-15-22/h1-15,19,25H,16-18H2. The molecule has 1 aliphatic rings. The SMILES string of the molecule is O=C(CC1CC1)[PH](c1ccccc1)(c1ccccc1)c1ccccc1. The molecule has 0 spiro atoms. The van der Waals surface area contributed by atoms with Gasteiger partial charge in [-0.2, -0.15) is 0 Å².